The van der Waals surface area contributed by atoms with E-state index >= 15 is 0 Å². The number of hydrogen-bond donors (Lipinski definition) is 4. The van der Waals surface area contributed by atoms with Gasteiger partial charge in [-0.15, -0.1) is 0 Å². The lowest BCUT2D eigenvalue weighted by molar-refractivity contribution is -0.137. The van der Waals surface area contributed by atoms with Gasteiger partial charge in [0, 0.05) is 11.8 Å². The molecule has 3 rings (SSSR count). The summed E-state index contributed by atoms with van der Waals surface area (Å²) >= 11 is 5.87. The van der Waals surface area contributed by atoms with Gasteiger partial charge in [0.15, 0.2) is 11.6 Å². The number of alkyl halides is 3. The number of carbonyl (C=O) groups excluding carboxylic acids is 1. The number of nitrogens with one attached hydrogen (secondary N) is 3. The SMILES string of the molecule is Nc1c(NNC(=O)c2ccccc2)ncnc1Nc1ncc(C(F)(F)F)cc1Cl. The number of nitrogen functional groups attached to an aromatic ring is 1. The standard InChI is InChI=1S/C17H13ClF3N7O/c18-11-6-10(17(19,20)21)7-23-13(11)26-14-12(22)15(25-8-24-14)27-28-16(29)9-4-2-1-3-5-9/h1-8H,22H2,(H,28,29)(H2,23,24,25,26,27). The van der Waals surface area contributed by atoms with Crippen LogP contribution in [0.25, 0.3) is 0 Å². The number of benzene rings is 1. The third-order valence-corrected chi connectivity index (χ3v) is 3.91. The van der Waals surface area contributed by atoms with E-state index in [0.717, 1.165) is 12.4 Å². The quantitative estimate of drug-likeness (QED) is 0.463. The van der Waals surface area contributed by atoms with E-state index in [2.05, 4.69) is 31.1 Å². The van der Waals surface area contributed by atoms with Gasteiger partial charge in [0.2, 0.25) is 0 Å². The summed E-state index contributed by atoms with van der Waals surface area (Å²) in [5.41, 5.74) is 10.3. The van der Waals surface area contributed by atoms with E-state index in [4.69, 9.17) is 17.3 Å². The summed E-state index contributed by atoms with van der Waals surface area (Å²) in [5, 5.41) is 2.37. The van der Waals surface area contributed by atoms with Gasteiger partial charge in [0.25, 0.3) is 5.91 Å². The minimum atomic E-state index is -4.57. The molecule has 1 amide bonds. The molecule has 0 spiro atoms. The third kappa shape index (κ3) is 4.82. The Hall–Kier alpha value is -3.60. The topological polar surface area (TPSA) is 118 Å². The number of carbonyl (C=O) groups is 1. The Balaban J connectivity index is 1.74. The first-order valence-electron chi connectivity index (χ1n) is 7.97. The summed E-state index contributed by atoms with van der Waals surface area (Å²) in [6, 6.07) is 9.14. The summed E-state index contributed by atoms with van der Waals surface area (Å²) in [6.45, 7) is 0. The number of pyridine rings is 1. The van der Waals surface area contributed by atoms with Crippen LogP contribution in [0.15, 0.2) is 48.9 Å². The number of rotatable bonds is 5. The first-order valence-corrected chi connectivity index (χ1v) is 8.35. The molecule has 1 aromatic carbocycles. The van der Waals surface area contributed by atoms with E-state index in [-0.39, 0.29) is 28.2 Å². The van der Waals surface area contributed by atoms with Crippen LogP contribution in [-0.4, -0.2) is 20.9 Å². The summed E-state index contributed by atoms with van der Waals surface area (Å²) in [4.78, 5) is 23.5. The molecule has 0 aliphatic rings. The number of nitrogens with two attached hydrogens (primary N) is 1. The van der Waals surface area contributed by atoms with Crippen molar-refractivity contribution >= 4 is 40.6 Å². The molecule has 3 aromatic rings. The Kier molecular flexibility index (Phi) is 5.69. The lowest BCUT2D eigenvalue weighted by Crippen LogP contribution is -2.30. The number of amides is 1. The lowest BCUT2D eigenvalue weighted by atomic mass is 10.2. The predicted molar refractivity (Wildman–Crippen MR) is 102 cm³/mol. The van der Waals surface area contributed by atoms with E-state index < -0.39 is 17.6 Å². The molecule has 29 heavy (non-hydrogen) atoms. The van der Waals surface area contributed by atoms with Crippen LogP contribution in [-0.2, 0) is 6.18 Å². The summed E-state index contributed by atoms with van der Waals surface area (Å²) < 4.78 is 38.1. The molecular weight excluding hydrogens is 411 g/mol. The zero-order valence-corrected chi connectivity index (χ0v) is 15.2. The van der Waals surface area contributed by atoms with Gasteiger partial charge in [-0.25, -0.2) is 15.0 Å². The number of hydrogen-bond acceptors (Lipinski definition) is 7. The van der Waals surface area contributed by atoms with E-state index in [1.54, 1.807) is 30.3 Å². The first-order chi connectivity index (χ1) is 13.8. The molecule has 12 heteroatoms. The van der Waals surface area contributed by atoms with Crippen LogP contribution in [0.2, 0.25) is 5.02 Å². The van der Waals surface area contributed by atoms with Gasteiger partial charge in [-0.3, -0.25) is 15.6 Å². The maximum absolute atomic E-state index is 12.7. The van der Waals surface area contributed by atoms with Crippen molar-refractivity contribution in [3.63, 3.8) is 0 Å². The monoisotopic (exact) mass is 423 g/mol. The molecule has 0 bridgehead atoms. The number of aromatic nitrogens is 3. The maximum Gasteiger partial charge on any atom is 0.417 e. The largest absolute Gasteiger partial charge is 0.417 e. The Bertz CT molecular complexity index is 1030. The molecule has 150 valence electrons. The fourth-order valence-electron chi connectivity index (χ4n) is 2.17. The molecule has 0 unspecified atom stereocenters. The minimum Gasteiger partial charge on any atom is -0.393 e. The highest BCUT2D eigenvalue weighted by atomic mass is 35.5. The summed E-state index contributed by atoms with van der Waals surface area (Å²) in [5.74, 6) is -0.407. The fourth-order valence-corrected chi connectivity index (χ4v) is 2.38. The second kappa shape index (κ2) is 8.19. The van der Waals surface area contributed by atoms with Gasteiger partial charge in [-0.1, -0.05) is 29.8 Å². The average Bonchev–Trinajstić information content (AvgIpc) is 2.69. The fraction of sp³-hybridized carbons (Fsp3) is 0.0588. The van der Waals surface area contributed by atoms with Gasteiger partial charge in [0.05, 0.1) is 10.6 Å². The van der Waals surface area contributed by atoms with Gasteiger partial charge in [-0.05, 0) is 18.2 Å². The van der Waals surface area contributed by atoms with E-state index in [1.807, 2.05) is 0 Å². The van der Waals surface area contributed by atoms with Crippen LogP contribution >= 0.6 is 11.6 Å². The predicted octanol–water partition coefficient (Wildman–Crippen LogP) is 3.63. The van der Waals surface area contributed by atoms with E-state index in [9.17, 15) is 18.0 Å². The molecule has 0 saturated heterocycles. The number of halogens is 4. The first kappa shape index (κ1) is 20.1. The second-order valence-corrected chi connectivity index (χ2v) is 6.01. The minimum absolute atomic E-state index is 0.0152. The number of hydrazine groups is 1. The van der Waals surface area contributed by atoms with Crippen LogP contribution < -0.4 is 21.9 Å². The molecule has 0 radical (unpaired) electrons. The Labute approximate surface area is 167 Å². The molecule has 8 nitrogen and oxygen atoms in total. The molecular formula is C17H13ClF3N7O. The molecule has 0 aliphatic carbocycles. The molecule has 0 saturated carbocycles. The van der Waals surface area contributed by atoms with E-state index in [1.165, 1.54) is 0 Å². The highest BCUT2D eigenvalue weighted by Gasteiger charge is 2.31. The van der Waals surface area contributed by atoms with Crippen LogP contribution in [0, 0.1) is 0 Å². The highest BCUT2D eigenvalue weighted by molar-refractivity contribution is 6.33. The molecule has 5 N–H and O–H groups in total. The Morgan fingerprint density at radius 2 is 1.72 bits per heavy atom. The third-order valence-electron chi connectivity index (χ3n) is 3.62. The molecule has 2 aromatic heterocycles. The van der Waals surface area contributed by atoms with Crippen molar-refractivity contribution in [2.45, 2.75) is 6.18 Å². The lowest BCUT2D eigenvalue weighted by Gasteiger charge is -2.14. The van der Waals surface area contributed by atoms with Crippen molar-refractivity contribution in [2.75, 3.05) is 16.5 Å². The Morgan fingerprint density at radius 3 is 2.38 bits per heavy atom. The second-order valence-electron chi connectivity index (χ2n) is 5.61. The molecule has 0 fully saturated rings. The van der Waals surface area contributed by atoms with Crippen LogP contribution in [0.5, 0.6) is 0 Å². The normalized spacial score (nSPS) is 11.0. The van der Waals surface area contributed by atoms with E-state index in [0.29, 0.717) is 11.8 Å². The summed E-state index contributed by atoms with van der Waals surface area (Å²) in [6.07, 6.45) is -2.81. The molecule has 0 aliphatic heterocycles. The van der Waals surface area contributed by atoms with Crippen LogP contribution in [0.3, 0.4) is 0 Å². The van der Waals surface area contributed by atoms with Crippen molar-refractivity contribution in [3.05, 3.63) is 65.1 Å². The summed E-state index contributed by atoms with van der Waals surface area (Å²) in [7, 11) is 0. The molecule has 0 atom stereocenters. The highest BCUT2D eigenvalue weighted by Crippen LogP contribution is 2.34. The van der Waals surface area contributed by atoms with Crippen molar-refractivity contribution < 1.29 is 18.0 Å². The van der Waals surface area contributed by atoms with Gasteiger partial charge < -0.3 is 11.1 Å². The van der Waals surface area contributed by atoms with Crippen molar-refractivity contribution in [2.24, 2.45) is 0 Å². The average molecular weight is 424 g/mol. The smallest absolute Gasteiger partial charge is 0.393 e. The number of anilines is 4. The van der Waals surface area contributed by atoms with Gasteiger partial charge >= 0.3 is 6.18 Å². The van der Waals surface area contributed by atoms with Crippen LogP contribution in [0.1, 0.15) is 15.9 Å². The van der Waals surface area contributed by atoms with Crippen molar-refractivity contribution in [1.29, 1.82) is 0 Å². The molecule has 2 heterocycles. The van der Waals surface area contributed by atoms with Crippen molar-refractivity contribution in [3.8, 4) is 0 Å². The Morgan fingerprint density at radius 1 is 1.03 bits per heavy atom. The zero-order chi connectivity index (χ0) is 21.0. The van der Waals surface area contributed by atoms with Gasteiger partial charge in [-0.2, -0.15) is 13.2 Å². The zero-order valence-electron chi connectivity index (χ0n) is 14.5. The van der Waals surface area contributed by atoms with Crippen molar-refractivity contribution in [1.82, 2.24) is 20.4 Å². The maximum atomic E-state index is 12.7. The number of nitrogens with zero attached hydrogens (tertiary/aromatic N) is 3. The van der Waals surface area contributed by atoms with Crippen LogP contribution in [0.4, 0.5) is 36.3 Å². The van der Waals surface area contributed by atoms with Gasteiger partial charge in [0.1, 0.15) is 17.8 Å².